The number of hydrogen-bond donors (Lipinski definition) is 1. The molecule has 0 spiro atoms. The number of amides is 1. The van der Waals surface area contributed by atoms with Crippen LogP contribution in [0.25, 0.3) is 0 Å². The summed E-state index contributed by atoms with van der Waals surface area (Å²) in [6.07, 6.45) is 1.52. The van der Waals surface area contributed by atoms with Crippen LogP contribution in [-0.2, 0) is 14.3 Å². The molecule has 1 N–H and O–H groups in total. The molecule has 1 saturated carbocycles. The summed E-state index contributed by atoms with van der Waals surface area (Å²) < 4.78 is 5.64. The number of carboxylic acid groups (broad SMARTS) is 1. The predicted octanol–water partition coefficient (Wildman–Crippen LogP) is 0.735. The molecule has 0 unspecified atom stereocenters. The second-order valence-electron chi connectivity index (χ2n) is 4.87. The fraction of sp³-hybridized carbons (Fsp3) is 0.833. The zero-order valence-corrected chi connectivity index (χ0v) is 10.1. The van der Waals surface area contributed by atoms with E-state index < -0.39 is 5.97 Å². The van der Waals surface area contributed by atoms with Gasteiger partial charge in [0.25, 0.3) is 0 Å². The van der Waals surface area contributed by atoms with Crippen molar-refractivity contribution in [1.82, 2.24) is 4.90 Å². The molecule has 2 atom stereocenters. The van der Waals surface area contributed by atoms with E-state index in [0.29, 0.717) is 17.9 Å². The SMILES string of the molecule is CCOC1[C@H]2C[C@H]1CN(C(=O)CCC(=O)O)C2. The van der Waals surface area contributed by atoms with Gasteiger partial charge in [0, 0.05) is 38.0 Å². The number of hydrogen-bond acceptors (Lipinski definition) is 3. The lowest BCUT2D eigenvalue weighted by molar-refractivity contribution is -0.161. The highest BCUT2D eigenvalue weighted by Crippen LogP contribution is 2.42. The highest BCUT2D eigenvalue weighted by molar-refractivity contribution is 5.80. The van der Waals surface area contributed by atoms with Gasteiger partial charge in [0.1, 0.15) is 0 Å². The maximum absolute atomic E-state index is 11.8. The number of aliphatic carboxylic acids is 1. The molecule has 1 aliphatic carbocycles. The Kier molecular flexibility index (Phi) is 3.66. The quantitative estimate of drug-likeness (QED) is 0.770. The van der Waals surface area contributed by atoms with E-state index in [1.54, 1.807) is 4.90 Å². The molecule has 5 heteroatoms. The summed E-state index contributed by atoms with van der Waals surface area (Å²) in [4.78, 5) is 24.0. The average molecular weight is 241 g/mol. The molecule has 5 nitrogen and oxygen atoms in total. The molecule has 3 aliphatic rings. The molecule has 2 saturated heterocycles. The normalized spacial score (nSPS) is 30.9. The summed E-state index contributed by atoms with van der Waals surface area (Å²) in [5.41, 5.74) is 0. The molecule has 0 aromatic rings. The van der Waals surface area contributed by atoms with Crippen molar-refractivity contribution < 1.29 is 19.4 Å². The van der Waals surface area contributed by atoms with Crippen molar-refractivity contribution in [2.24, 2.45) is 11.8 Å². The van der Waals surface area contributed by atoms with E-state index in [0.717, 1.165) is 26.1 Å². The Morgan fingerprint density at radius 2 is 1.94 bits per heavy atom. The topological polar surface area (TPSA) is 66.8 Å². The van der Waals surface area contributed by atoms with Crippen molar-refractivity contribution in [3.05, 3.63) is 0 Å². The van der Waals surface area contributed by atoms with Gasteiger partial charge in [0.2, 0.25) is 5.91 Å². The van der Waals surface area contributed by atoms with Gasteiger partial charge in [0.15, 0.2) is 0 Å². The van der Waals surface area contributed by atoms with Crippen LogP contribution in [0.1, 0.15) is 26.2 Å². The zero-order chi connectivity index (χ0) is 12.4. The summed E-state index contributed by atoms with van der Waals surface area (Å²) >= 11 is 0. The van der Waals surface area contributed by atoms with E-state index in [1.807, 2.05) is 6.92 Å². The Morgan fingerprint density at radius 1 is 1.29 bits per heavy atom. The number of fused-ring (bicyclic) bond motifs is 2. The molecule has 0 aromatic heterocycles. The van der Waals surface area contributed by atoms with Crippen LogP contribution in [0.2, 0.25) is 0 Å². The van der Waals surface area contributed by atoms with Crippen LogP contribution in [0.3, 0.4) is 0 Å². The third-order valence-corrected chi connectivity index (χ3v) is 3.71. The minimum absolute atomic E-state index is 0.0305. The minimum atomic E-state index is -0.910. The van der Waals surface area contributed by atoms with E-state index in [2.05, 4.69) is 0 Å². The number of carboxylic acids is 1. The molecule has 0 aromatic carbocycles. The van der Waals surface area contributed by atoms with E-state index in [9.17, 15) is 9.59 Å². The van der Waals surface area contributed by atoms with Gasteiger partial charge in [-0.3, -0.25) is 9.59 Å². The molecule has 2 heterocycles. The summed E-state index contributed by atoms with van der Waals surface area (Å²) in [6.45, 7) is 4.19. The van der Waals surface area contributed by atoms with E-state index in [1.165, 1.54) is 0 Å². The fourth-order valence-electron chi connectivity index (χ4n) is 2.88. The van der Waals surface area contributed by atoms with E-state index in [4.69, 9.17) is 9.84 Å². The van der Waals surface area contributed by atoms with Gasteiger partial charge in [-0.15, -0.1) is 0 Å². The van der Waals surface area contributed by atoms with E-state index in [-0.39, 0.29) is 18.7 Å². The molecule has 3 rings (SSSR count). The predicted molar refractivity (Wildman–Crippen MR) is 60.5 cm³/mol. The van der Waals surface area contributed by atoms with Crippen LogP contribution < -0.4 is 0 Å². The van der Waals surface area contributed by atoms with Crippen LogP contribution in [0.4, 0.5) is 0 Å². The van der Waals surface area contributed by atoms with Gasteiger partial charge in [-0.1, -0.05) is 0 Å². The van der Waals surface area contributed by atoms with Crippen molar-refractivity contribution in [2.75, 3.05) is 19.7 Å². The van der Waals surface area contributed by atoms with Crippen molar-refractivity contribution in [3.8, 4) is 0 Å². The van der Waals surface area contributed by atoms with Crippen LogP contribution >= 0.6 is 0 Å². The van der Waals surface area contributed by atoms with Gasteiger partial charge in [-0.25, -0.2) is 0 Å². The molecular weight excluding hydrogens is 222 g/mol. The first kappa shape index (κ1) is 12.4. The second kappa shape index (κ2) is 5.04. The molecule has 3 fully saturated rings. The molecule has 1 amide bonds. The summed E-state index contributed by atoms with van der Waals surface area (Å²) in [5.74, 6) is -0.0188. The van der Waals surface area contributed by atoms with Gasteiger partial charge >= 0.3 is 5.97 Å². The molecule has 96 valence electrons. The lowest BCUT2D eigenvalue weighted by Gasteiger charge is -2.53. The maximum Gasteiger partial charge on any atom is 0.303 e. The first-order valence-corrected chi connectivity index (χ1v) is 6.23. The molecule has 2 bridgehead atoms. The zero-order valence-electron chi connectivity index (χ0n) is 10.1. The molecule has 2 aliphatic heterocycles. The van der Waals surface area contributed by atoms with Crippen LogP contribution in [-0.4, -0.2) is 47.7 Å². The molecule has 0 radical (unpaired) electrons. The number of ether oxygens (including phenoxy) is 1. The number of nitrogens with zero attached hydrogens (tertiary/aromatic N) is 1. The number of piperidine rings is 2. The minimum Gasteiger partial charge on any atom is -0.481 e. The largest absolute Gasteiger partial charge is 0.481 e. The Balaban J connectivity index is 1.79. The summed E-state index contributed by atoms with van der Waals surface area (Å²) in [5, 5.41) is 8.54. The standard InChI is InChI=1S/C12H19NO4/c1-2-17-12-8-5-9(12)7-13(6-8)10(14)3-4-11(15)16/h8-9,12H,2-7H2,1H3,(H,15,16)/t8-,9-/m0/s1. The lowest BCUT2D eigenvalue weighted by Crippen LogP contribution is -2.60. The molecule has 17 heavy (non-hydrogen) atoms. The maximum atomic E-state index is 11.8. The summed E-state index contributed by atoms with van der Waals surface area (Å²) in [7, 11) is 0. The highest BCUT2D eigenvalue weighted by Gasteiger charge is 2.48. The number of carbonyl (C=O) groups is 2. The highest BCUT2D eigenvalue weighted by atomic mass is 16.5. The monoisotopic (exact) mass is 241 g/mol. The number of carbonyl (C=O) groups excluding carboxylic acids is 1. The first-order valence-electron chi connectivity index (χ1n) is 6.23. The average Bonchev–Trinajstić information content (AvgIpc) is 2.33. The Labute approximate surface area is 101 Å². The Morgan fingerprint density at radius 3 is 2.47 bits per heavy atom. The van der Waals surface area contributed by atoms with Gasteiger partial charge in [-0.05, 0) is 13.3 Å². The second-order valence-corrected chi connectivity index (χ2v) is 4.87. The van der Waals surface area contributed by atoms with E-state index >= 15 is 0 Å². The summed E-state index contributed by atoms with van der Waals surface area (Å²) in [6, 6.07) is 0. The fourth-order valence-corrected chi connectivity index (χ4v) is 2.88. The van der Waals surface area contributed by atoms with Crippen LogP contribution in [0.5, 0.6) is 0 Å². The third kappa shape index (κ3) is 2.60. The Hall–Kier alpha value is -1.10. The van der Waals surface area contributed by atoms with Gasteiger partial charge < -0.3 is 14.7 Å². The van der Waals surface area contributed by atoms with Crippen molar-refractivity contribution in [1.29, 1.82) is 0 Å². The lowest BCUT2D eigenvalue weighted by atomic mass is 9.68. The van der Waals surface area contributed by atoms with Gasteiger partial charge in [0.05, 0.1) is 12.5 Å². The van der Waals surface area contributed by atoms with Crippen LogP contribution in [0.15, 0.2) is 0 Å². The van der Waals surface area contributed by atoms with Crippen LogP contribution in [0, 0.1) is 11.8 Å². The number of rotatable bonds is 5. The third-order valence-electron chi connectivity index (χ3n) is 3.71. The van der Waals surface area contributed by atoms with Crippen molar-refractivity contribution >= 4 is 11.9 Å². The van der Waals surface area contributed by atoms with Crippen molar-refractivity contribution in [3.63, 3.8) is 0 Å². The molecular formula is C12H19NO4. The smallest absolute Gasteiger partial charge is 0.303 e. The van der Waals surface area contributed by atoms with Crippen molar-refractivity contribution in [2.45, 2.75) is 32.3 Å². The Bertz CT molecular complexity index is 306. The first-order chi connectivity index (χ1) is 8.11. The van der Waals surface area contributed by atoms with Gasteiger partial charge in [-0.2, -0.15) is 0 Å².